The average molecular weight is 318 g/mol. The number of hydrogen-bond acceptors (Lipinski definition) is 4. The summed E-state index contributed by atoms with van der Waals surface area (Å²) in [6, 6.07) is 3.19. The number of hydrogen-bond donors (Lipinski definition) is 1. The SMILES string of the molecule is CC1CN(C(CN)c2cc(Br)cs2)CCN1C. The number of rotatable bonds is 3. The van der Waals surface area contributed by atoms with Crippen LogP contribution in [0.15, 0.2) is 15.9 Å². The molecule has 5 heteroatoms. The number of halogens is 1. The third-order valence-electron chi connectivity index (χ3n) is 3.57. The van der Waals surface area contributed by atoms with Crippen molar-refractivity contribution in [2.24, 2.45) is 5.73 Å². The molecule has 0 bridgehead atoms. The van der Waals surface area contributed by atoms with Crippen LogP contribution in [0.2, 0.25) is 0 Å². The maximum Gasteiger partial charge on any atom is 0.0565 e. The summed E-state index contributed by atoms with van der Waals surface area (Å²) in [6.45, 7) is 6.32. The van der Waals surface area contributed by atoms with Crippen molar-refractivity contribution in [2.75, 3.05) is 33.2 Å². The summed E-state index contributed by atoms with van der Waals surface area (Å²) in [5.41, 5.74) is 5.96. The molecule has 1 aromatic rings. The van der Waals surface area contributed by atoms with Gasteiger partial charge in [0.2, 0.25) is 0 Å². The van der Waals surface area contributed by atoms with Crippen molar-refractivity contribution in [3.05, 3.63) is 20.8 Å². The van der Waals surface area contributed by atoms with Gasteiger partial charge in [-0.3, -0.25) is 4.90 Å². The van der Waals surface area contributed by atoms with Crippen molar-refractivity contribution < 1.29 is 0 Å². The number of nitrogens with two attached hydrogens (primary N) is 1. The van der Waals surface area contributed by atoms with E-state index in [2.05, 4.69) is 51.1 Å². The summed E-state index contributed by atoms with van der Waals surface area (Å²) in [6.07, 6.45) is 0. The summed E-state index contributed by atoms with van der Waals surface area (Å²) in [7, 11) is 2.20. The smallest absolute Gasteiger partial charge is 0.0565 e. The minimum atomic E-state index is 0.377. The van der Waals surface area contributed by atoms with E-state index >= 15 is 0 Å². The van der Waals surface area contributed by atoms with Crippen LogP contribution in [0.3, 0.4) is 0 Å². The highest BCUT2D eigenvalue weighted by molar-refractivity contribution is 9.10. The lowest BCUT2D eigenvalue weighted by Gasteiger charge is -2.41. The molecule has 1 fully saturated rings. The predicted molar refractivity (Wildman–Crippen MR) is 77.5 cm³/mol. The normalized spacial score (nSPS) is 25.1. The Balaban J connectivity index is 2.08. The standard InChI is InChI=1S/C12H20BrN3S/c1-9-7-16(4-3-15(9)2)11(6-14)12-5-10(13)8-17-12/h5,8-9,11H,3-4,6-7,14H2,1-2H3. The second-order valence-corrected chi connectivity index (χ2v) is 6.60. The van der Waals surface area contributed by atoms with E-state index in [1.165, 1.54) is 4.88 Å². The molecule has 2 unspecified atom stereocenters. The first-order chi connectivity index (χ1) is 8.11. The number of nitrogens with zero attached hydrogens (tertiary/aromatic N) is 2. The second-order valence-electron chi connectivity index (χ2n) is 4.74. The lowest BCUT2D eigenvalue weighted by atomic mass is 10.1. The fourth-order valence-corrected chi connectivity index (χ4v) is 3.90. The first-order valence-corrected chi connectivity index (χ1v) is 7.67. The van der Waals surface area contributed by atoms with Crippen molar-refractivity contribution in [3.63, 3.8) is 0 Å². The van der Waals surface area contributed by atoms with E-state index in [1.54, 1.807) is 11.3 Å². The lowest BCUT2D eigenvalue weighted by Crippen LogP contribution is -2.52. The fourth-order valence-electron chi connectivity index (χ4n) is 2.31. The van der Waals surface area contributed by atoms with Crippen LogP contribution in [-0.4, -0.2) is 49.1 Å². The summed E-state index contributed by atoms with van der Waals surface area (Å²) in [4.78, 5) is 6.30. The van der Waals surface area contributed by atoms with E-state index in [4.69, 9.17) is 5.73 Å². The van der Waals surface area contributed by atoms with Gasteiger partial charge in [-0.15, -0.1) is 11.3 Å². The lowest BCUT2D eigenvalue weighted by molar-refractivity contribution is 0.0752. The molecular formula is C12H20BrN3S. The minimum Gasteiger partial charge on any atom is -0.329 e. The zero-order chi connectivity index (χ0) is 12.4. The monoisotopic (exact) mass is 317 g/mol. The van der Waals surface area contributed by atoms with Crippen molar-refractivity contribution in [1.82, 2.24) is 9.80 Å². The molecule has 0 saturated carbocycles. The van der Waals surface area contributed by atoms with E-state index in [9.17, 15) is 0 Å². The molecule has 0 aliphatic carbocycles. The fraction of sp³-hybridized carbons (Fsp3) is 0.667. The molecule has 17 heavy (non-hydrogen) atoms. The summed E-state index contributed by atoms with van der Waals surface area (Å²) >= 11 is 5.31. The molecule has 0 amide bonds. The Bertz CT molecular complexity index is 368. The minimum absolute atomic E-state index is 0.377. The summed E-state index contributed by atoms with van der Waals surface area (Å²) in [5, 5.41) is 2.14. The molecule has 0 radical (unpaired) electrons. The van der Waals surface area contributed by atoms with Crippen molar-refractivity contribution >= 4 is 27.3 Å². The van der Waals surface area contributed by atoms with Crippen LogP contribution in [0.5, 0.6) is 0 Å². The van der Waals surface area contributed by atoms with Gasteiger partial charge in [0, 0.05) is 47.0 Å². The van der Waals surface area contributed by atoms with Crippen LogP contribution in [0.25, 0.3) is 0 Å². The predicted octanol–water partition coefficient (Wildman–Crippen LogP) is 2.15. The zero-order valence-corrected chi connectivity index (χ0v) is 12.8. The van der Waals surface area contributed by atoms with Crippen LogP contribution < -0.4 is 5.73 Å². The summed E-state index contributed by atoms with van der Waals surface area (Å²) in [5.74, 6) is 0. The molecule has 2 rings (SSSR count). The number of piperazine rings is 1. The maximum atomic E-state index is 5.96. The van der Waals surface area contributed by atoms with Gasteiger partial charge >= 0.3 is 0 Å². The molecule has 3 nitrogen and oxygen atoms in total. The highest BCUT2D eigenvalue weighted by atomic mass is 79.9. The molecule has 1 aromatic heterocycles. The first-order valence-electron chi connectivity index (χ1n) is 6.00. The Morgan fingerprint density at radius 1 is 1.59 bits per heavy atom. The van der Waals surface area contributed by atoms with Crippen LogP contribution >= 0.6 is 27.3 Å². The van der Waals surface area contributed by atoms with E-state index in [0.29, 0.717) is 18.6 Å². The topological polar surface area (TPSA) is 32.5 Å². The maximum absolute atomic E-state index is 5.96. The molecule has 96 valence electrons. The molecule has 0 aromatic carbocycles. The Hall–Kier alpha value is 0.0600. The molecule has 1 aliphatic rings. The number of thiophene rings is 1. The molecule has 2 N–H and O–H groups in total. The molecule has 1 saturated heterocycles. The molecule has 1 aliphatic heterocycles. The van der Waals surface area contributed by atoms with E-state index < -0.39 is 0 Å². The quantitative estimate of drug-likeness (QED) is 0.927. The third-order valence-corrected chi connectivity index (χ3v) is 5.37. The van der Waals surface area contributed by atoms with Gasteiger partial charge in [0.15, 0.2) is 0 Å². The van der Waals surface area contributed by atoms with Gasteiger partial charge in [0.1, 0.15) is 0 Å². The van der Waals surface area contributed by atoms with Gasteiger partial charge in [-0.1, -0.05) is 0 Å². The van der Waals surface area contributed by atoms with Crippen LogP contribution in [0.1, 0.15) is 17.8 Å². The highest BCUT2D eigenvalue weighted by Gasteiger charge is 2.27. The van der Waals surface area contributed by atoms with Crippen molar-refractivity contribution in [1.29, 1.82) is 0 Å². The van der Waals surface area contributed by atoms with Crippen LogP contribution in [-0.2, 0) is 0 Å². The van der Waals surface area contributed by atoms with Gasteiger partial charge in [-0.05, 0) is 36.0 Å². The van der Waals surface area contributed by atoms with E-state index in [0.717, 1.165) is 24.1 Å². The van der Waals surface area contributed by atoms with Crippen LogP contribution in [0, 0.1) is 0 Å². The van der Waals surface area contributed by atoms with Gasteiger partial charge in [-0.25, -0.2) is 0 Å². The third kappa shape index (κ3) is 3.09. The average Bonchev–Trinajstić information content (AvgIpc) is 2.71. The van der Waals surface area contributed by atoms with Gasteiger partial charge in [0.25, 0.3) is 0 Å². The highest BCUT2D eigenvalue weighted by Crippen LogP contribution is 2.30. The number of likely N-dealkylation sites (N-methyl/N-ethyl adjacent to an activating group) is 1. The Morgan fingerprint density at radius 2 is 2.35 bits per heavy atom. The van der Waals surface area contributed by atoms with Crippen molar-refractivity contribution in [2.45, 2.75) is 19.0 Å². The molecule has 2 atom stereocenters. The Kier molecular flexibility index (Phi) is 4.60. The van der Waals surface area contributed by atoms with Gasteiger partial charge in [-0.2, -0.15) is 0 Å². The largest absolute Gasteiger partial charge is 0.329 e. The van der Waals surface area contributed by atoms with Gasteiger partial charge < -0.3 is 10.6 Å². The molecule has 0 spiro atoms. The van der Waals surface area contributed by atoms with E-state index in [-0.39, 0.29) is 0 Å². The van der Waals surface area contributed by atoms with E-state index in [1.807, 2.05) is 0 Å². The molecule has 2 heterocycles. The second kappa shape index (κ2) is 5.80. The zero-order valence-electron chi connectivity index (χ0n) is 10.4. The first kappa shape index (κ1) is 13.5. The Labute approximate surface area is 116 Å². The van der Waals surface area contributed by atoms with Crippen LogP contribution in [0.4, 0.5) is 0 Å². The van der Waals surface area contributed by atoms with Crippen molar-refractivity contribution in [3.8, 4) is 0 Å². The Morgan fingerprint density at radius 3 is 2.88 bits per heavy atom. The van der Waals surface area contributed by atoms with Gasteiger partial charge in [0.05, 0.1) is 6.04 Å². The molecular weight excluding hydrogens is 298 g/mol. The summed E-state index contributed by atoms with van der Waals surface area (Å²) < 4.78 is 1.16.